The molecule has 2 aliphatic rings. The number of esters is 1. The van der Waals surface area contributed by atoms with E-state index < -0.39 is 0 Å². The summed E-state index contributed by atoms with van der Waals surface area (Å²) in [6, 6.07) is 12.2. The third-order valence-electron chi connectivity index (χ3n) is 7.05. The van der Waals surface area contributed by atoms with Crippen LogP contribution in [0.3, 0.4) is 0 Å². The first-order valence-corrected chi connectivity index (χ1v) is 13.9. The summed E-state index contributed by atoms with van der Waals surface area (Å²) < 4.78 is 11.5. The van der Waals surface area contributed by atoms with Gasteiger partial charge in [0.1, 0.15) is 11.9 Å². The third-order valence-corrected chi connectivity index (χ3v) is 8.52. The maximum atomic E-state index is 13.4. The second-order valence-electron chi connectivity index (χ2n) is 9.66. The van der Waals surface area contributed by atoms with Gasteiger partial charge in [0.15, 0.2) is 0 Å². The number of furan rings is 1. The van der Waals surface area contributed by atoms with Crippen molar-refractivity contribution < 1.29 is 18.7 Å². The standard InChI is InChI=1S/C28H26Cl4N2O4/c29-21-3-1-17(11-23(21)31)13-27(35)34-9-6-26-20(7-10-37-26)25(34)16-33-8-5-19(15-33)38-28(36)14-18-2-4-22(30)24(32)12-18/h1-4,7,10-12,19,25H,5-6,8-9,13-16H2. The van der Waals surface area contributed by atoms with Crippen LogP contribution in [0.4, 0.5) is 0 Å². The van der Waals surface area contributed by atoms with Crippen molar-refractivity contribution in [2.24, 2.45) is 0 Å². The minimum Gasteiger partial charge on any atom is -0.469 e. The zero-order chi connectivity index (χ0) is 26.8. The predicted octanol–water partition coefficient (Wildman–Crippen LogP) is 6.42. The van der Waals surface area contributed by atoms with Crippen LogP contribution in [0.15, 0.2) is 53.1 Å². The summed E-state index contributed by atoms with van der Waals surface area (Å²) in [5.74, 6) is 0.630. The summed E-state index contributed by atoms with van der Waals surface area (Å²) in [5.41, 5.74) is 2.60. The maximum Gasteiger partial charge on any atom is 0.310 e. The molecule has 200 valence electrons. The molecule has 2 atom stereocenters. The first-order valence-electron chi connectivity index (χ1n) is 12.4. The fourth-order valence-corrected chi connectivity index (χ4v) is 5.81. The molecule has 1 fully saturated rings. The fraction of sp³-hybridized carbons (Fsp3) is 0.357. The molecule has 2 unspecified atom stereocenters. The molecule has 0 bridgehead atoms. The van der Waals surface area contributed by atoms with Crippen molar-refractivity contribution in [1.82, 2.24) is 9.80 Å². The number of amides is 1. The molecule has 0 N–H and O–H groups in total. The molecule has 5 rings (SSSR count). The van der Waals surface area contributed by atoms with Crippen molar-refractivity contribution in [1.29, 1.82) is 0 Å². The van der Waals surface area contributed by atoms with Crippen molar-refractivity contribution in [2.75, 3.05) is 26.2 Å². The van der Waals surface area contributed by atoms with Crippen molar-refractivity contribution >= 4 is 58.3 Å². The zero-order valence-corrected chi connectivity index (χ0v) is 23.5. The van der Waals surface area contributed by atoms with Crippen LogP contribution in [-0.2, 0) is 33.6 Å². The number of carbonyl (C=O) groups is 2. The molecule has 1 aromatic heterocycles. The van der Waals surface area contributed by atoms with Gasteiger partial charge in [-0.15, -0.1) is 0 Å². The summed E-state index contributed by atoms with van der Waals surface area (Å²) in [6.45, 7) is 2.57. The second-order valence-corrected chi connectivity index (χ2v) is 11.3. The van der Waals surface area contributed by atoms with Crippen molar-refractivity contribution in [3.05, 3.63) is 91.3 Å². The average molecular weight is 596 g/mol. The van der Waals surface area contributed by atoms with Crippen LogP contribution in [0.5, 0.6) is 0 Å². The van der Waals surface area contributed by atoms with Crippen LogP contribution in [-0.4, -0.2) is 54.0 Å². The summed E-state index contributed by atoms with van der Waals surface area (Å²) >= 11 is 24.2. The van der Waals surface area contributed by atoms with E-state index in [2.05, 4.69) is 4.90 Å². The summed E-state index contributed by atoms with van der Waals surface area (Å²) in [5, 5.41) is 1.75. The van der Waals surface area contributed by atoms with Gasteiger partial charge in [0.25, 0.3) is 0 Å². The zero-order valence-electron chi connectivity index (χ0n) is 20.5. The number of nitrogens with zero attached hydrogens (tertiary/aromatic N) is 2. The number of likely N-dealkylation sites (tertiary alicyclic amines) is 1. The molecule has 38 heavy (non-hydrogen) atoms. The predicted molar refractivity (Wildman–Crippen MR) is 148 cm³/mol. The summed E-state index contributed by atoms with van der Waals surface area (Å²) in [6.07, 6.45) is 3.23. The van der Waals surface area contributed by atoms with Gasteiger partial charge in [-0.25, -0.2) is 0 Å². The van der Waals surface area contributed by atoms with E-state index in [-0.39, 0.29) is 36.9 Å². The van der Waals surface area contributed by atoms with Crippen molar-refractivity contribution in [2.45, 2.75) is 37.8 Å². The van der Waals surface area contributed by atoms with Crippen LogP contribution >= 0.6 is 46.4 Å². The Morgan fingerprint density at radius 1 is 0.895 bits per heavy atom. The first-order chi connectivity index (χ1) is 18.3. The number of carbonyl (C=O) groups excluding carboxylic acids is 2. The van der Waals surface area contributed by atoms with Crippen LogP contribution < -0.4 is 0 Å². The third kappa shape index (κ3) is 6.32. The first kappa shape index (κ1) is 27.4. The monoisotopic (exact) mass is 594 g/mol. The molecule has 10 heteroatoms. The molecule has 1 saturated heterocycles. The van der Waals surface area contributed by atoms with E-state index in [4.69, 9.17) is 55.6 Å². The van der Waals surface area contributed by atoms with Gasteiger partial charge in [0, 0.05) is 38.2 Å². The van der Waals surface area contributed by atoms with Gasteiger partial charge in [-0.1, -0.05) is 58.5 Å². The Balaban J connectivity index is 1.21. The van der Waals surface area contributed by atoms with Crippen LogP contribution in [0, 0.1) is 0 Å². The number of ether oxygens (including phenoxy) is 1. The lowest BCUT2D eigenvalue weighted by Crippen LogP contribution is -2.45. The molecule has 0 radical (unpaired) electrons. The molecule has 3 aromatic rings. The number of rotatable bonds is 7. The van der Waals surface area contributed by atoms with Gasteiger partial charge >= 0.3 is 5.97 Å². The molecule has 6 nitrogen and oxygen atoms in total. The van der Waals surface area contributed by atoms with E-state index in [9.17, 15) is 9.59 Å². The largest absolute Gasteiger partial charge is 0.469 e. The van der Waals surface area contributed by atoms with Gasteiger partial charge in [-0.2, -0.15) is 0 Å². The van der Waals surface area contributed by atoms with Crippen molar-refractivity contribution in [3.63, 3.8) is 0 Å². The Morgan fingerprint density at radius 2 is 1.58 bits per heavy atom. The molecule has 3 heterocycles. The molecule has 0 saturated carbocycles. The average Bonchev–Trinajstić information content (AvgIpc) is 3.53. The second kappa shape index (κ2) is 11.9. The van der Waals surface area contributed by atoms with Gasteiger partial charge in [-0.3, -0.25) is 14.5 Å². The Hall–Kier alpha value is -2.22. The van der Waals surface area contributed by atoms with Gasteiger partial charge < -0.3 is 14.1 Å². The topological polar surface area (TPSA) is 63.0 Å². The summed E-state index contributed by atoms with van der Waals surface area (Å²) in [7, 11) is 0. The minimum absolute atomic E-state index is 0.0176. The van der Waals surface area contributed by atoms with E-state index in [0.717, 1.165) is 35.4 Å². The van der Waals surface area contributed by atoms with Crippen LogP contribution in [0.1, 0.15) is 34.9 Å². The van der Waals surface area contributed by atoms with E-state index in [0.29, 0.717) is 46.1 Å². The van der Waals surface area contributed by atoms with Crippen LogP contribution in [0.2, 0.25) is 20.1 Å². The van der Waals surface area contributed by atoms with Crippen LogP contribution in [0.25, 0.3) is 0 Å². The van der Waals surface area contributed by atoms with Gasteiger partial charge in [-0.05, 0) is 47.9 Å². The highest BCUT2D eigenvalue weighted by Gasteiger charge is 2.36. The Kier molecular flexibility index (Phi) is 8.56. The highest BCUT2D eigenvalue weighted by molar-refractivity contribution is 6.42. The van der Waals surface area contributed by atoms with E-state index in [1.807, 2.05) is 17.0 Å². The smallest absolute Gasteiger partial charge is 0.310 e. The van der Waals surface area contributed by atoms with Gasteiger partial charge in [0.05, 0.1) is 45.2 Å². The van der Waals surface area contributed by atoms with Gasteiger partial charge in [0.2, 0.25) is 5.91 Å². The molecular weight excluding hydrogens is 570 g/mol. The van der Waals surface area contributed by atoms with E-state index in [1.165, 1.54) is 0 Å². The maximum absolute atomic E-state index is 13.4. The lowest BCUT2D eigenvalue weighted by atomic mass is 9.97. The van der Waals surface area contributed by atoms with E-state index >= 15 is 0 Å². The Bertz CT molecular complexity index is 1340. The lowest BCUT2D eigenvalue weighted by Gasteiger charge is -2.37. The number of benzene rings is 2. The van der Waals surface area contributed by atoms with Crippen molar-refractivity contribution in [3.8, 4) is 0 Å². The number of fused-ring (bicyclic) bond motifs is 1. The minimum atomic E-state index is -0.302. The molecular formula is C28H26Cl4N2O4. The Labute approximate surface area is 241 Å². The van der Waals surface area contributed by atoms with E-state index in [1.54, 1.807) is 36.6 Å². The quantitative estimate of drug-likeness (QED) is 0.295. The number of hydrogen-bond acceptors (Lipinski definition) is 5. The highest BCUT2D eigenvalue weighted by atomic mass is 35.5. The Morgan fingerprint density at radius 3 is 2.26 bits per heavy atom. The molecule has 2 aliphatic heterocycles. The summed E-state index contributed by atoms with van der Waals surface area (Å²) in [4.78, 5) is 30.1. The molecule has 0 aliphatic carbocycles. The SMILES string of the molecule is O=C(Cc1ccc(Cl)c(Cl)c1)OC1CCN(CC2c3ccoc3CCN2C(=O)Cc2ccc(Cl)c(Cl)c2)C1. The number of hydrogen-bond donors (Lipinski definition) is 0. The highest BCUT2D eigenvalue weighted by Crippen LogP contribution is 2.33. The molecule has 2 aromatic carbocycles. The fourth-order valence-electron chi connectivity index (χ4n) is 5.17. The molecule has 0 spiro atoms. The molecule has 1 amide bonds. The lowest BCUT2D eigenvalue weighted by molar-refractivity contribution is -0.147. The normalized spacial score (nSPS) is 19.4. The number of halogens is 4.